The molecule has 1 aromatic heterocycles. The predicted molar refractivity (Wildman–Crippen MR) is 78.1 cm³/mol. The third-order valence-electron chi connectivity index (χ3n) is 3.87. The number of nitrogens with one attached hydrogen (secondary N) is 3. The molecule has 20 heavy (non-hydrogen) atoms. The molecule has 0 atom stereocenters. The Balaban J connectivity index is 1.90. The first-order chi connectivity index (χ1) is 9.65. The van der Waals surface area contributed by atoms with Crippen LogP contribution in [-0.4, -0.2) is 35.1 Å². The number of phenols is 1. The van der Waals surface area contributed by atoms with Gasteiger partial charge in [-0.1, -0.05) is 0 Å². The van der Waals surface area contributed by atoms with E-state index in [9.17, 15) is 9.90 Å². The molecule has 1 fully saturated rings. The number of benzene rings is 1. The maximum atomic E-state index is 12.5. The number of piperidine rings is 1. The predicted octanol–water partition coefficient (Wildman–Crippen LogP) is 1.66. The van der Waals surface area contributed by atoms with Gasteiger partial charge in [0, 0.05) is 22.6 Å². The van der Waals surface area contributed by atoms with Crippen molar-refractivity contribution >= 4 is 16.8 Å². The van der Waals surface area contributed by atoms with Crippen molar-refractivity contribution in [1.29, 1.82) is 0 Å². The SMILES string of the molecule is Cc1[nH]c2ccc(O)cc2c1C(=O)NC1CCNCC1. The molecule has 0 aliphatic carbocycles. The Hall–Kier alpha value is -2.01. The fourth-order valence-corrected chi connectivity index (χ4v) is 2.83. The summed E-state index contributed by atoms with van der Waals surface area (Å²) in [6.45, 7) is 3.77. The van der Waals surface area contributed by atoms with Gasteiger partial charge in [0.05, 0.1) is 5.56 Å². The Kier molecular flexibility index (Phi) is 3.36. The molecule has 5 heteroatoms. The highest BCUT2D eigenvalue weighted by molar-refractivity contribution is 6.08. The minimum atomic E-state index is -0.0637. The van der Waals surface area contributed by atoms with Crippen LogP contribution in [0.3, 0.4) is 0 Å². The minimum absolute atomic E-state index is 0.0637. The maximum absolute atomic E-state index is 12.5. The van der Waals surface area contributed by atoms with Crippen molar-refractivity contribution in [2.45, 2.75) is 25.8 Å². The molecule has 1 saturated heterocycles. The van der Waals surface area contributed by atoms with Crippen LogP contribution in [0.5, 0.6) is 5.75 Å². The molecule has 1 aliphatic heterocycles. The van der Waals surface area contributed by atoms with Gasteiger partial charge in [0.25, 0.3) is 5.91 Å². The van der Waals surface area contributed by atoms with Crippen LogP contribution >= 0.6 is 0 Å². The van der Waals surface area contributed by atoms with Gasteiger partial charge in [0.2, 0.25) is 0 Å². The first kappa shape index (κ1) is 13.0. The molecule has 0 bridgehead atoms. The average Bonchev–Trinajstić information content (AvgIpc) is 2.75. The summed E-state index contributed by atoms with van der Waals surface area (Å²) in [5.74, 6) is 0.110. The highest BCUT2D eigenvalue weighted by atomic mass is 16.3. The second-order valence-electron chi connectivity index (χ2n) is 5.35. The molecule has 3 rings (SSSR count). The van der Waals surface area contributed by atoms with E-state index in [1.807, 2.05) is 6.92 Å². The Labute approximate surface area is 117 Å². The Morgan fingerprint density at radius 2 is 2.10 bits per heavy atom. The monoisotopic (exact) mass is 273 g/mol. The smallest absolute Gasteiger partial charge is 0.253 e. The number of carbonyl (C=O) groups is 1. The van der Waals surface area contributed by atoms with E-state index in [0.29, 0.717) is 5.56 Å². The molecule has 2 heterocycles. The second-order valence-corrected chi connectivity index (χ2v) is 5.35. The highest BCUT2D eigenvalue weighted by Gasteiger charge is 2.20. The number of amides is 1. The lowest BCUT2D eigenvalue weighted by atomic mass is 10.0. The third kappa shape index (κ3) is 2.36. The Morgan fingerprint density at radius 1 is 1.35 bits per heavy atom. The van der Waals surface area contributed by atoms with Crippen molar-refractivity contribution < 1.29 is 9.90 Å². The van der Waals surface area contributed by atoms with Gasteiger partial charge in [0.15, 0.2) is 0 Å². The molecule has 2 aromatic rings. The number of rotatable bonds is 2. The number of carbonyl (C=O) groups excluding carboxylic acids is 1. The lowest BCUT2D eigenvalue weighted by molar-refractivity contribution is 0.0930. The van der Waals surface area contributed by atoms with Crippen molar-refractivity contribution in [1.82, 2.24) is 15.6 Å². The average molecular weight is 273 g/mol. The molecule has 0 unspecified atom stereocenters. The molecule has 0 radical (unpaired) electrons. The van der Waals surface area contributed by atoms with E-state index in [1.165, 1.54) is 0 Å². The molecule has 1 aliphatic rings. The summed E-state index contributed by atoms with van der Waals surface area (Å²) in [5, 5.41) is 16.8. The number of fused-ring (bicyclic) bond motifs is 1. The number of H-pyrrole nitrogens is 1. The Morgan fingerprint density at radius 3 is 2.85 bits per heavy atom. The van der Waals surface area contributed by atoms with Crippen LogP contribution in [0.25, 0.3) is 10.9 Å². The van der Waals surface area contributed by atoms with Gasteiger partial charge in [-0.3, -0.25) is 4.79 Å². The topological polar surface area (TPSA) is 77.1 Å². The van der Waals surface area contributed by atoms with Crippen LogP contribution in [0.1, 0.15) is 28.9 Å². The van der Waals surface area contributed by atoms with Crippen LogP contribution in [0.4, 0.5) is 0 Å². The minimum Gasteiger partial charge on any atom is -0.508 e. The summed E-state index contributed by atoms with van der Waals surface area (Å²) < 4.78 is 0. The molecule has 0 saturated carbocycles. The van der Waals surface area contributed by atoms with Gasteiger partial charge >= 0.3 is 0 Å². The third-order valence-corrected chi connectivity index (χ3v) is 3.87. The van der Waals surface area contributed by atoms with Crippen LogP contribution < -0.4 is 10.6 Å². The fraction of sp³-hybridized carbons (Fsp3) is 0.400. The van der Waals surface area contributed by atoms with E-state index in [1.54, 1.807) is 18.2 Å². The van der Waals surface area contributed by atoms with Gasteiger partial charge in [0.1, 0.15) is 5.75 Å². The number of aromatic hydroxyl groups is 1. The van der Waals surface area contributed by atoms with E-state index >= 15 is 0 Å². The van der Waals surface area contributed by atoms with Gasteiger partial charge in [-0.25, -0.2) is 0 Å². The zero-order valence-electron chi connectivity index (χ0n) is 11.5. The maximum Gasteiger partial charge on any atom is 0.253 e. The Bertz CT molecular complexity index is 642. The van der Waals surface area contributed by atoms with Crippen LogP contribution in [-0.2, 0) is 0 Å². The summed E-state index contributed by atoms with van der Waals surface area (Å²) in [5.41, 5.74) is 2.34. The van der Waals surface area contributed by atoms with Crippen molar-refractivity contribution in [3.8, 4) is 5.75 Å². The molecule has 0 spiro atoms. The van der Waals surface area contributed by atoms with Crippen LogP contribution in [0, 0.1) is 6.92 Å². The van der Waals surface area contributed by atoms with E-state index < -0.39 is 0 Å². The summed E-state index contributed by atoms with van der Waals surface area (Å²) in [6, 6.07) is 5.27. The molecule has 106 valence electrons. The summed E-state index contributed by atoms with van der Waals surface area (Å²) in [7, 11) is 0. The number of aromatic nitrogens is 1. The fourth-order valence-electron chi connectivity index (χ4n) is 2.83. The lowest BCUT2D eigenvalue weighted by Gasteiger charge is -2.23. The molecule has 5 nitrogen and oxygen atoms in total. The second kappa shape index (κ2) is 5.17. The molecular weight excluding hydrogens is 254 g/mol. The van der Waals surface area contributed by atoms with Crippen molar-refractivity contribution in [3.63, 3.8) is 0 Å². The van der Waals surface area contributed by atoms with Gasteiger partial charge in [-0.15, -0.1) is 0 Å². The normalized spacial score (nSPS) is 16.4. The van der Waals surface area contributed by atoms with Gasteiger partial charge < -0.3 is 20.7 Å². The van der Waals surface area contributed by atoms with Crippen molar-refractivity contribution in [2.24, 2.45) is 0 Å². The highest BCUT2D eigenvalue weighted by Crippen LogP contribution is 2.26. The van der Waals surface area contributed by atoms with E-state index in [0.717, 1.165) is 42.5 Å². The van der Waals surface area contributed by atoms with Crippen molar-refractivity contribution in [2.75, 3.05) is 13.1 Å². The molecule has 1 aromatic carbocycles. The summed E-state index contributed by atoms with van der Waals surface area (Å²) >= 11 is 0. The summed E-state index contributed by atoms with van der Waals surface area (Å²) in [4.78, 5) is 15.7. The van der Waals surface area contributed by atoms with Crippen molar-refractivity contribution in [3.05, 3.63) is 29.5 Å². The van der Waals surface area contributed by atoms with E-state index in [4.69, 9.17) is 0 Å². The summed E-state index contributed by atoms with van der Waals surface area (Å²) in [6.07, 6.45) is 1.91. The standard InChI is InChI=1S/C15H19N3O2/c1-9-14(12-8-11(19)2-3-13(12)17-9)15(20)18-10-4-6-16-7-5-10/h2-3,8,10,16-17,19H,4-7H2,1H3,(H,18,20). The first-order valence-electron chi connectivity index (χ1n) is 6.98. The van der Waals surface area contributed by atoms with Gasteiger partial charge in [-0.05, 0) is 51.1 Å². The number of aryl methyl sites for hydroxylation is 1. The lowest BCUT2D eigenvalue weighted by Crippen LogP contribution is -2.42. The zero-order valence-corrected chi connectivity index (χ0v) is 11.5. The van der Waals surface area contributed by atoms with Crippen LogP contribution in [0.2, 0.25) is 0 Å². The van der Waals surface area contributed by atoms with Crippen LogP contribution in [0.15, 0.2) is 18.2 Å². The molecule has 1 amide bonds. The number of hydrogen-bond acceptors (Lipinski definition) is 3. The molecule has 4 N–H and O–H groups in total. The van der Waals surface area contributed by atoms with E-state index in [-0.39, 0.29) is 17.7 Å². The molecular formula is C15H19N3O2. The largest absolute Gasteiger partial charge is 0.508 e. The number of hydrogen-bond donors (Lipinski definition) is 4. The van der Waals surface area contributed by atoms with E-state index in [2.05, 4.69) is 15.6 Å². The number of aromatic amines is 1. The number of phenolic OH excluding ortho intramolecular Hbond substituents is 1. The zero-order chi connectivity index (χ0) is 14.1. The van der Waals surface area contributed by atoms with Gasteiger partial charge in [-0.2, -0.15) is 0 Å². The first-order valence-corrected chi connectivity index (χ1v) is 6.98. The quantitative estimate of drug-likeness (QED) is 0.672.